The molecule has 1 aromatic heterocycles. The summed E-state index contributed by atoms with van der Waals surface area (Å²) in [6, 6.07) is 1.52. The van der Waals surface area contributed by atoms with Crippen molar-refractivity contribution in [3.63, 3.8) is 0 Å². The number of furan rings is 1. The Morgan fingerprint density at radius 3 is 2.80 bits per heavy atom. The highest BCUT2D eigenvalue weighted by atomic mass is 79.9. The Morgan fingerprint density at radius 1 is 1.50 bits per heavy atom. The third-order valence-corrected chi connectivity index (χ3v) is 4.90. The quantitative estimate of drug-likeness (QED) is 0.693. The lowest BCUT2D eigenvalue weighted by molar-refractivity contribution is 0.161. The van der Waals surface area contributed by atoms with Gasteiger partial charge in [-0.05, 0) is 28.4 Å². The van der Waals surface area contributed by atoms with Crippen LogP contribution in [0.2, 0.25) is 0 Å². The van der Waals surface area contributed by atoms with E-state index in [1.807, 2.05) is 13.8 Å². The third-order valence-electron chi connectivity index (χ3n) is 2.62. The number of ether oxygens (including phenoxy) is 1. The molecule has 116 valence electrons. The Labute approximate surface area is 128 Å². The van der Waals surface area contributed by atoms with Crippen LogP contribution in [0.1, 0.15) is 19.6 Å². The Kier molecular flexibility index (Phi) is 7.18. The molecule has 0 radical (unpaired) electrons. The van der Waals surface area contributed by atoms with E-state index in [0.717, 1.165) is 6.54 Å². The summed E-state index contributed by atoms with van der Waals surface area (Å²) >= 11 is 3.14. The SMILES string of the molecule is CCNCc1cc(S(=O)(=O)NCC(C)COC)c(Br)o1. The molecule has 0 saturated heterocycles. The van der Waals surface area contributed by atoms with Crippen LogP contribution in [0.5, 0.6) is 0 Å². The summed E-state index contributed by atoms with van der Waals surface area (Å²) in [6.07, 6.45) is 0. The second kappa shape index (κ2) is 8.14. The zero-order valence-corrected chi connectivity index (χ0v) is 14.3. The van der Waals surface area contributed by atoms with Gasteiger partial charge in [0.1, 0.15) is 10.7 Å². The van der Waals surface area contributed by atoms with Crippen LogP contribution in [0, 0.1) is 5.92 Å². The van der Waals surface area contributed by atoms with E-state index < -0.39 is 10.0 Å². The van der Waals surface area contributed by atoms with Crippen LogP contribution in [0.4, 0.5) is 0 Å². The van der Waals surface area contributed by atoms with E-state index in [1.54, 1.807) is 7.11 Å². The fourth-order valence-electron chi connectivity index (χ4n) is 1.59. The zero-order valence-electron chi connectivity index (χ0n) is 11.9. The van der Waals surface area contributed by atoms with E-state index in [2.05, 4.69) is 26.0 Å². The van der Waals surface area contributed by atoms with Gasteiger partial charge in [0, 0.05) is 26.3 Å². The van der Waals surface area contributed by atoms with Gasteiger partial charge in [0.25, 0.3) is 0 Å². The average Bonchev–Trinajstić information content (AvgIpc) is 2.76. The number of sulfonamides is 1. The highest BCUT2D eigenvalue weighted by Crippen LogP contribution is 2.26. The zero-order chi connectivity index (χ0) is 15.2. The van der Waals surface area contributed by atoms with Crippen LogP contribution < -0.4 is 10.0 Å². The highest BCUT2D eigenvalue weighted by molar-refractivity contribution is 9.10. The number of methoxy groups -OCH3 is 1. The molecule has 8 heteroatoms. The first-order chi connectivity index (χ1) is 9.40. The summed E-state index contributed by atoms with van der Waals surface area (Å²) in [7, 11) is -1.99. The number of nitrogens with one attached hydrogen (secondary N) is 2. The molecule has 0 aliphatic carbocycles. The van der Waals surface area contributed by atoms with Gasteiger partial charge in [-0.15, -0.1) is 0 Å². The minimum absolute atomic E-state index is 0.0988. The number of halogens is 1. The standard InChI is InChI=1S/C12H21BrN2O4S/c1-4-14-7-10-5-11(12(13)19-10)20(16,17)15-6-9(2)8-18-3/h5,9,14-15H,4,6-8H2,1-3H3. The molecule has 0 fully saturated rings. The van der Waals surface area contributed by atoms with Crippen molar-refractivity contribution < 1.29 is 17.6 Å². The van der Waals surface area contributed by atoms with E-state index in [-0.39, 0.29) is 15.5 Å². The first-order valence-electron chi connectivity index (χ1n) is 6.38. The van der Waals surface area contributed by atoms with Crippen molar-refractivity contribution in [2.75, 3.05) is 26.8 Å². The first-order valence-corrected chi connectivity index (χ1v) is 8.65. The lowest BCUT2D eigenvalue weighted by Crippen LogP contribution is -2.30. The number of hydrogen-bond acceptors (Lipinski definition) is 5. The minimum Gasteiger partial charge on any atom is -0.452 e. The van der Waals surface area contributed by atoms with Crippen LogP contribution in [-0.4, -0.2) is 35.2 Å². The summed E-state index contributed by atoms with van der Waals surface area (Å²) in [6.45, 7) is 5.97. The lowest BCUT2D eigenvalue weighted by atomic mass is 10.2. The summed E-state index contributed by atoms with van der Waals surface area (Å²) in [5, 5.41) is 3.08. The second-order valence-electron chi connectivity index (χ2n) is 4.54. The summed E-state index contributed by atoms with van der Waals surface area (Å²) in [5.41, 5.74) is 0. The van der Waals surface area contributed by atoms with Gasteiger partial charge >= 0.3 is 0 Å². The van der Waals surface area contributed by atoms with Gasteiger partial charge in [-0.3, -0.25) is 0 Å². The van der Waals surface area contributed by atoms with E-state index >= 15 is 0 Å². The maximum atomic E-state index is 12.2. The van der Waals surface area contributed by atoms with Gasteiger partial charge in [0.15, 0.2) is 4.67 Å². The molecule has 0 bridgehead atoms. The van der Waals surface area contributed by atoms with Crippen LogP contribution in [-0.2, 0) is 21.3 Å². The molecule has 2 N–H and O–H groups in total. The normalized spacial score (nSPS) is 13.6. The van der Waals surface area contributed by atoms with E-state index in [4.69, 9.17) is 9.15 Å². The predicted octanol–water partition coefficient (Wildman–Crippen LogP) is 1.71. The summed E-state index contributed by atoms with van der Waals surface area (Å²) in [4.78, 5) is 0.120. The van der Waals surface area contributed by atoms with Gasteiger partial charge in [0.05, 0.1) is 6.54 Å². The maximum absolute atomic E-state index is 12.2. The molecule has 0 aliphatic heterocycles. The molecule has 1 rings (SSSR count). The molecule has 0 saturated carbocycles. The maximum Gasteiger partial charge on any atom is 0.244 e. The topological polar surface area (TPSA) is 80.6 Å². The summed E-state index contributed by atoms with van der Waals surface area (Å²) < 4.78 is 37.5. The van der Waals surface area contributed by atoms with Crippen LogP contribution in [0.15, 0.2) is 20.0 Å². The third kappa shape index (κ3) is 5.17. The van der Waals surface area contributed by atoms with Gasteiger partial charge in [-0.2, -0.15) is 0 Å². The van der Waals surface area contributed by atoms with Crippen LogP contribution >= 0.6 is 15.9 Å². The van der Waals surface area contributed by atoms with E-state index in [9.17, 15) is 8.42 Å². The van der Waals surface area contributed by atoms with Gasteiger partial charge in [0.2, 0.25) is 10.0 Å². The minimum atomic E-state index is -3.58. The van der Waals surface area contributed by atoms with Crippen molar-refractivity contribution in [1.29, 1.82) is 0 Å². The van der Waals surface area contributed by atoms with Crippen molar-refractivity contribution in [2.24, 2.45) is 5.92 Å². The van der Waals surface area contributed by atoms with Crippen molar-refractivity contribution in [3.8, 4) is 0 Å². The van der Waals surface area contributed by atoms with Crippen molar-refractivity contribution in [2.45, 2.75) is 25.3 Å². The molecule has 1 heterocycles. The lowest BCUT2D eigenvalue weighted by Gasteiger charge is -2.11. The molecule has 1 unspecified atom stereocenters. The Morgan fingerprint density at radius 2 is 2.20 bits per heavy atom. The largest absolute Gasteiger partial charge is 0.452 e. The van der Waals surface area contributed by atoms with Gasteiger partial charge in [-0.1, -0.05) is 13.8 Å². The van der Waals surface area contributed by atoms with Gasteiger partial charge < -0.3 is 14.5 Å². The molecule has 6 nitrogen and oxygen atoms in total. The highest BCUT2D eigenvalue weighted by Gasteiger charge is 2.22. The molecular formula is C12H21BrN2O4S. The molecule has 0 aliphatic rings. The molecule has 1 atom stereocenters. The molecule has 0 amide bonds. The Balaban J connectivity index is 2.74. The molecular weight excluding hydrogens is 348 g/mol. The molecule has 0 spiro atoms. The van der Waals surface area contributed by atoms with Gasteiger partial charge in [-0.25, -0.2) is 13.1 Å². The second-order valence-corrected chi connectivity index (χ2v) is 7.00. The molecule has 0 aromatic carbocycles. The van der Waals surface area contributed by atoms with Crippen LogP contribution in [0.3, 0.4) is 0 Å². The predicted molar refractivity (Wildman–Crippen MR) is 80.0 cm³/mol. The van der Waals surface area contributed by atoms with Crippen molar-refractivity contribution in [3.05, 3.63) is 16.5 Å². The monoisotopic (exact) mass is 368 g/mol. The number of hydrogen-bond donors (Lipinski definition) is 2. The molecule has 20 heavy (non-hydrogen) atoms. The fourth-order valence-corrected chi connectivity index (χ4v) is 3.75. The van der Waals surface area contributed by atoms with Crippen molar-refractivity contribution in [1.82, 2.24) is 10.0 Å². The first kappa shape index (κ1) is 17.6. The Hall–Kier alpha value is -0.410. The van der Waals surface area contributed by atoms with Crippen LogP contribution in [0.25, 0.3) is 0 Å². The smallest absolute Gasteiger partial charge is 0.244 e. The Bertz CT molecular complexity index is 516. The summed E-state index contributed by atoms with van der Waals surface area (Å²) in [5.74, 6) is 0.672. The average molecular weight is 369 g/mol. The molecule has 1 aromatic rings. The fraction of sp³-hybridized carbons (Fsp3) is 0.667. The number of rotatable bonds is 9. The van der Waals surface area contributed by atoms with Crippen molar-refractivity contribution >= 4 is 26.0 Å². The van der Waals surface area contributed by atoms with E-state index in [0.29, 0.717) is 25.5 Å². The van der Waals surface area contributed by atoms with E-state index in [1.165, 1.54) is 6.07 Å².